The number of hydrogen-bond donors (Lipinski definition) is 0. The second-order valence-corrected chi connectivity index (χ2v) is 7.72. The summed E-state index contributed by atoms with van der Waals surface area (Å²) >= 11 is 1.50. The number of aromatic nitrogens is 4. The summed E-state index contributed by atoms with van der Waals surface area (Å²) in [4.78, 5) is 10.9. The Balaban J connectivity index is 1.50. The van der Waals surface area contributed by atoms with Crippen LogP contribution in [0.25, 0.3) is 32.5 Å². The second-order valence-electron chi connectivity index (χ2n) is 6.61. The highest BCUT2D eigenvalue weighted by Crippen LogP contribution is 2.51. The normalized spacial score (nSPS) is 18.9. The lowest BCUT2D eigenvalue weighted by molar-refractivity contribution is 0.0991. The highest BCUT2D eigenvalue weighted by molar-refractivity contribution is 7.18. The summed E-state index contributed by atoms with van der Waals surface area (Å²) < 4.78 is 28.0. The molecule has 1 atom stereocenters. The fraction of sp³-hybridized carbons (Fsp3) is 0.278. The van der Waals surface area contributed by atoms with Gasteiger partial charge >= 0.3 is 0 Å². The zero-order valence-electron chi connectivity index (χ0n) is 13.4. The lowest BCUT2D eigenvalue weighted by Gasteiger charge is -2.00. The van der Waals surface area contributed by atoms with E-state index in [9.17, 15) is 8.78 Å². The first-order valence-electron chi connectivity index (χ1n) is 8.05. The van der Waals surface area contributed by atoms with Gasteiger partial charge in [0.05, 0.1) is 5.69 Å². The van der Waals surface area contributed by atoms with Crippen LogP contribution in [0.15, 0.2) is 36.7 Å². The molecule has 5 rings (SSSR count). The molecule has 0 saturated heterocycles. The Hall–Kier alpha value is -2.41. The Morgan fingerprint density at radius 3 is 2.92 bits per heavy atom. The predicted molar refractivity (Wildman–Crippen MR) is 93.9 cm³/mol. The van der Waals surface area contributed by atoms with Crippen molar-refractivity contribution in [2.75, 3.05) is 0 Å². The van der Waals surface area contributed by atoms with Crippen LogP contribution in [-0.4, -0.2) is 25.7 Å². The monoisotopic (exact) mass is 356 g/mol. The fourth-order valence-electron chi connectivity index (χ4n) is 3.14. The number of alkyl halides is 2. The van der Waals surface area contributed by atoms with Crippen molar-refractivity contribution in [1.29, 1.82) is 0 Å². The van der Waals surface area contributed by atoms with Crippen molar-refractivity contribution in [3.63, 3.8) is 0 Å². The molecular weight excluding hydrogens is 342 g/mol. The highest BCUT2D eigenvalue weighted by atomic mass is 32.1. The zero-order valence-corrected chi connectivity index (χ0v) is 14.2. The molecular formula is C18H14F2N4S. The third kappa shape index (κ3) is 2.59. The Morgan fingerprint density at radius 1 is 1.28 bits per heavy atom. The van der Waals surface area contributed by atoms with E-state index in [0.29, 0.717) is 12.1 Å². The van der Waals surface area contributed by atoms with E-state index in [0.717, 1.165) is 31.7 Å². The van der Waals surface area contributed by atoms with E-state index in [4.69, 9.17) is 4.98 Å². The van der Waals surface area contributed by atoms with E-state index in [-0.39, 0.29) is 6.42 Å². The van der Waals surface area contributed by atoms with Gasteiger partial charge in [-0.15, -0.1) is 11.3 Å². The topological polar surface area (TPSA) is 43.6 Å². The molecule has 0 spiro atoms. The minimum absolute atomic E-state index is 0.0106. The quantitative estimate of drug-likeness (QED) is 0.545. The third-order valence-electron chi connectivity index (χ3n) is 4.61. The number of pyridine rings is 2. The number of rotatable bonds is 3. The Kier molecular flexibility index (Phi) is 3.01. The highest BCUT2D eigenvalue weighted by Gasteiger charge is 2.56. The molecule has 4 aromatic rings. The van der Waals surface area contributed by atoms with Crippen LogP contribution in [0.2, 0.25) is 0 Å². The molecule has 0 bridgehead atoms. The molecule has 4 heterocycles. The summed E-state index contributed by atoms with van der Waals surface area (Å²) in [5.41, 5.74) is 2.46. The Bertz CT molecular complexity index is 1110. The van der Waals surface area contributed by atoms with Gasteiger partial charge < -0.3 is 0 Å². The van der Waals surface area contributed by atoms with Crippen molar-refractivity contribution in [1.82, 2.24) is 19.7 Å². The molecule has 0 aliphatic heterocycles. The van der Waals surface area contributed by atoms with E-state index in [2.05, 4.69) is 10.1 Å². The molecule has 4 nitrogen and oxygen atoms in total. The van der Waals surface area contributed by atoms with Crippen LogP contribution in [0.4, 0.5) is 8.78 Å². The summed E-state index contributed by atoms with van der Waals surface area (Å²) in [6, 6.07) is 7.94. The van der Waals surface area contributed by atoms with Crippen LogP contribution in [-0.2, 0) is 13.5 Å². The average Bonchev–Trinajstić information content (AvgIpc) is 2.90. The lowest BCUT2D eigenvalue weighted by Crippen LogP contribution is -1.95. The van der Waals surface area contributed by atoms with Crippen LogP contribution in [0.3, 0.4) is 0 Å². The van der Waals surface area contributed by atoms with E-state index < -0.39 is 11.8 Å². The molecule has 25 heavy (non-hydrogen) atoms. The summed E-state index contributed by atoms with van der Waals surface area (Å²) in [5, 5.41) is 6.24. The van der Waals surface area contributed by atoms with E-state index in [1.807, 2.05) is 37.5 Å². The van der Waals surface area contributed by atoms with E-state index in [1.54, 1.807) is 10.9 Å². The molecule has 1 saturated carbocycles. The molecule has 1 fully saturated rings. The van der Waals surface area contributed by atoms with Gasteiger partial charge in [0.2, 0.25) is 0 Å². The van der Waals surface area contributed by atoms with Gasteiger partial charge in [-0.1, -0.05) is 0 Å². The van der Waals surface area contributed by atoms with Crippen LogP contribution < -0.4 is 0 Å². The minimum atomic E-state index is -2.47. The number of halogens is 2. The van der Waals surface area contributed by atoms with Gasteiger partial charge in [-0.25, -0.2) is 18.7 Å². The van der Waals surface area contributed by atoms with E-state index in [1.165, 1.54) is 11.3 Å². The number of thiophene rings is 1. The van der Waals surface area contributed by atoms with Gasteiger partial charge in [0.25, 0.3) is 5.92 Å². The maximum atomic E-state index is 13.1. The van der Waals surface area contributed by atoms with Crippen molar-refractivity contribution in [3.05, 3.63) is 41.5 Å². The third-order valence-corrected chi connectivity index (χ3v) is 5.67. The Labute approximate surface area is 146 Å². The van der Waals surface area contributed by atoms with Gasteiger partial charge in [-0.05, 0) is 30.7 Å². The van der Waals surface area contributed by atoms with Gasteiger partial charge in [-0.3, -0.25) is 4.68 Å². The van der Waals surface area contributed by atoms with Crippen LogP contribution >= 0.6 is 11.3 Å². The van der Waals surface area contributed by atoms with Crippen molar-refractivity contribution in [2.45, 2.75) is 18.8 Å². The van der Waals surface area contributed by atoms with Gasteiger partial charge in [0, 0.05) is 53.0 Å². The van der Waals surface area contributed by atoms with Crippen molar-refractivity contribution >= 4 is 32.6 Å². The van der Waals surface area contributed by atoms with Gasteiger partial charge in [0.1, 0.15) is 4.83 Å². The molecule has 0 radical (unpaired) electrons. The maximum Gasteiger partial charge on any atom is 0.252 e. The van der Waals surface area contributed by atoms with Crippen molar-refractivity contribution in [3.8, 4) is 11.3 Å². The number of hydrogen-bond acceptors (Lipinski definition) is 4. The zero-order chi connectivity index (χ0) is 17.2. The largest absolute Gasteiger partial charge is 0.273 e. The fourth-order valence-corrected chi connectivity index (χ4v) is 4.25. The van der Waals surface area contributed by atoms with Gasteiger partial charge in [-0.2, -0.15) is 5.10 Å². The molecule has 7 heteroatoms. The standard InChI is InChI=1S/C18H14F2N4S/c1-24-9-12-4-11(8-21-16(12)23-24)15-3-2-10-5-14(25-17(10)22-15)6-13-7-18(13,19)20/h2-5,8-9,13H,6-7H2,1H3. The molecule has 0 aromatic carbocycles. The molecule has 1 unspecified atom stereocenters. The van der Waals surface area contributed by atoms with Crippen LogP contribution in [0.1, 0.15) is 11.3 Å². The van der Waals surface area contributed by atoms with Crippen LogP contribution in [0, 0.1) is 5.92 Å². The first-order chi connectivity index (χ1) is 12.0. The minimum Gasteiger partial charge on any atom is -0.273 e. The molecule has 126 valence electrons. The van der Waals surface area contributed by atoms with Crippen LogP contribution in [0.5, 0.6) is 0 Å². The summed E-state index contributed by atoms with van der Waals surface area (Å²) in [6.45, 7) is 0. The summed E-state index contributed by atoms with van der Waals surface area (Å²) in [5.74, 6) is -2.98. The molecule has 1 aliphatic rings. The molecule has 1 aliphatic carbocycles. The van der Waals surface area contributed by atoms with Crippen molar-refractivity contribution in [2.24, 2.45) is 13.0 Å². The predicted octanol–water partition coefficient (Wildman–Crippen LogP) is 4.44. The molecule has 0 amide bonds. The molecule has 0 N–H and O–H groups in total. The SMILES string of the molecule is Cn1cc2cc(-c3ccc4cc(CC5CC5(F)F)sc4n3)cnc2n1. The number of fused-ring (bicyclic) bond motifs is 2. The maximum absolute atomic E-state index is 13.1. The number of aryl methyl sites for hydroxylation is 1. The summed E-state index contributed by atoms with van der Waals surface area (Å²) in [6.07, 6.45) is 4.13. The Morgan fingerprint density at radius 2 is 2.12 bits per heavy atom. The first kappa shape index (κ1) is 14.9. The number of nitrogens with zero attached hydrogens (tertiary/aromatic N) is 4. The lowest BCUT2D eigenvalue weighted by atomic mass is 10.1. The van der Waals surface area contributed by atoms with Gasteiger partial charge in [0.15, 0.2) is 5.65 Å². The average molecular weight is 356 g/mol. The van der Waals surface area contributed by atoms with Crippen molar-refractivity contribution < 1.29 is 8.78 Å². The summed E-state index contributed by atoms with van der Waals surface area (Å²) in [7, 11) is 1.86. The second kappa shape index (κ2) is 5.05. The first-order valence-corrected chi connectivity index (χ1v) is 8.87. The molecule has 4 aromatic heterocycles. The van der Waals surface area contributed by atoms with E-state index >= 15 is 0 Å². The smallest absolute Gasteiger partial charge is 0.252 e.